The summed E-state index contributed by atoms with van der Waals surface area (Å²) in [7, 11) is -3.18. The first-order valence-corrected chi connectivity index (χ1v) is 10.3. The lowest BCUT2D eigenvalue weighted by atomic mass is 10.1. The molecule has 23 heavy (non-hydrogen) atoms. The molecule has 1 amide bonds. The van der Waals surface area contributed by atoms with Crippen LogP contribution in [0.4, 0.5) is 0 Å². The van der Waals surface area contributed by atoms with Gasteiger partial charge in [-0.1, -0.05) is 51.2 Å². The molecule has 5 heteroatoms. The molecule has 0 aliphatic rings. The van der Waals surface area contributed by atoms with E-state index in [9.17, 15) is 13.2 Å². The average molecular weight is 340 g/mol. The molecule has 1 aromatic rings. The number of hydrogen-bond donors (Lipinski definition) is 1. The number of hydrogen-bond acceptors (Lipinski definition) is 3. The van der Waals surface area contributed by atoms with E-state index in [2.05, 4.69) is 12.2 Å². The van der Waals surface area contributed by atoms with Crippen LogP contribution in [0.25, 0.3) is 0 Å². The highest BCUT2D eigenvalue weighted by Crippen LogP contribution is 2.16. The van der Waals surface area contributed by atoms with Gasteiger partial charge in [0, 0.05) is 12.7 Å². The maximum atomic E-state index is 11.9. The first kappa shape index (κ1) is 19.7. The number of carbonyl (C=O) groups is 1. The molecule has 0 saturated carbocycles. The second-order valence-electron chi connectivity index (χ2n) is 6.15. The van der Waals surface area contributed by atoms with Gasteiger partial charge in [-0.15, -0.1) is 0 Å². The van der Waals surface area contributed by atoms with Crippen LogP contribution in [0.15, 0.2) is 29.2 Å². The molecule has 0 aromatic heterocycles. The van der Waals surface area contributed by atoms with Gasteiger partial charge < -0.3 is 5.32 Å². The minimum atomic E-state index is -3.18. The van der Waals surface area contributed by atoms with Gasteiger partial charge in [-0.25, -0.2) is 8.42 Å². The molecular formula is C18H29NO3S. The van der Waals surface area contributed by atoms with Gasteiger partial charge in [0.15, 0.2) is 9.84 Å². The van der Waals surface area contributed by atoms with Crippen LogP contribution < -0.4 is 5.32 Å². The second-order valence-corrected chi connectivity index (χ2v) is 8.16. The lowest BCUT2D eigenvalue weighted by Gasteiger charge is -2.14. The lowest BCUT2D eigenvalue weighted by Crippen LogP contribution is -2.26. The number of rotatable bonds is 10. The molecule has 1 atom stereocenters. The number of benzene rings is 1. The molecular weight excluding hydrogens is 310 g/mol. The Balaban J connectivity index is 2.37. The third kappa shape index (κ3) is 7.64. The molecule has 4 nitrogen and oxygen atoms in total. The summed E-state index contributed by atoms with van der Waals surface area (Å²) in [6.07, 6.45) is 8.72. The Hall–Kier alpha value is -1.36. The highest BCUT2D eigenvalue weighted by Gasteiger charge is 2.11. The van der Waals surface area contributed by atoms with Crippen molar-refractivity contribution in [3.8, 4) is 0 Å². The van der Waals surface area contributed by atoms with E-state index in [1.165, 1.54) is 31.9 Å². The predicted molar refractivity (Wildman–Crippen MR) is 94.1 cm³/mol. The molecule has 0 radical (unpaired) electrons. The highest BCUT2D eigenvalue weighted by molar-refractivity contribution is 7.90. The van der Waals surface area contributed by atoms with Crippen molar-refractivity contribution in [3.63, 3.8) is 0 Å². The smallest absolute Gasteiger partial charge is 0.220 e. The second kappa shape index (κ2) is 9.71. The van der Waals surface area contributed by atoms with Crippen LogP contribution in [0, 0.1) is 0 Å². The molecule has 0 saturated heterocycles. The normalized spacial score (nSPS) is 12.8. The Kier molecular flexibility index (Phi) is 8.31. The Morgan fingerprint density at radius 3 is 2.17 bits per heavy atom. The molecule has 1 aromatic carbocycles. The van der Waals surface area contributed by atoms with E-state index in [4.69, 9.17) is 0 Å². The van der Waals surface area contributed by atoms with E-state index in [-0.39, 0.29) is 11.9 Å². The van der Waals surface area contributed by atoms with E-state index < -0.39 is 9.84 Å². The fourth-order valence-corrected chi connectivity index (χ4v) is 3.10. The van der Waals surface area contributed by atoms with Crippen molar-refractivity contribution in [2.45, 2.75) is 69.7 Å². The first-order chi connectivity index (χ1) is 10.8. The third-order valence-electron chi connectivity index (χ3n) is 3.94. The summed E-state index contributed by atoms with van der Waals surface area (Å²) in [6, 6.07) is 6.57. The van der Waals surface area contributed by atoms with Gasteiger partial charge in [0.05, 0.1) is 10.9 Å². The van der Waals surface area contributed by atoms with Crippen LogP contribution in [-0.2, 0) is 14.6 Å². The fraction of sp³-hybridized carbons (Fsp3) is 0.611. The summed E-state index contributed by atoms with van der Waals surface area (Å²) in [4.78, 5) is 12.2. The summed E-state index contributed by atoms with van der Waals surface area (Å²) in [5.74, 6) is 0.0557. The fourth-order valence-electron chi connectivity index (χ4n) is 2.47. The number of sulfone groups is 1. The van der Waals surface area contributed by atoms with Crippen LogP contribution in [0.1, 0.15) is 70.4 Å². The van der Waals surface area contributed by atoms with Crippen LogP contribution in [0.3, 0.4) is 0 Å². The summed E-state index contributed by atoms with van der Waals surface area (Å²) in [5.41, 5.74) is 0.911. The van der Waals surface area contributed by atoms with E-state index >= 15 is 0 Å². The highest BCUT2D eigenvalue weighted by atomic mass is 32.2. The Morgan fingerprint density at radius 2 is 1.61 bits per heavy atom. The molecule has 0 aliphatic heterocycles. The van der Waals surface area contributed by atoms with E-state index in [1.54, 1.807) is 24.3 Å². The summed E-state index contributed by atoms with van der Waals surface area (Å²) in [5, 5.41) is 2.97. The van der Waals surface area contributed by atoms with Crippen molar-refractivity contribution in [2.75, 3.05) is 6.26 Å². The maximum absolute atomic E-state index is 11.9. The summed E-state index contributed by atoms with van der Waals surface area (Å²) in [6.45, 7) is 4.10. The number of nitrogens with one attached hydrogen (secondary N) is 1. The molecule has 0 spiro atoms. The predicted octanol–water partition coefficient (Wildman–Crippen LogP) is 4.02. The van der Waals surface area contributed by atoms with E-state index in [0.717, 1.165) is 18.4 Å². The minimum Gasteiger partial charge on any atom is -0.350 e. The minimum absolute atomic E-state index is 0.0557. The number of carbonyl (C=O) groups excluding carboxylic acids is 1. The van der Waals surface area contributed by atoms with Gasteiger partial charge in [0.1, 0.15) is 0 Å². The van der Waals surface area contributed by atoms with Gasteiger partial charge in [-0.3, -0.25) is 4.79 Å². The first-order valence-electron chi connectivity index (χ1n) is 8.44. The van der Waals surface area contributed by atoms with Gasteiger partial charge in [-0.2, -0.15) is 0 Å². The molecule has 1 unspecified atom stereocenters. The van der Waals surface area contributed by atoms with Crippen LogP contribution in [-0.4, -0.2) is 20.6 Å². The monoisotopic (exact) mass is 339 g/mol. The maximum Gasteiger partial charge on any atom is 0.220 e. The van der Waals surface area contributed by atoms with Crippen LogP contribution >= 0.6 is 0 Å². The van der Waals surface area contributed by atoms with Gasteiger partial charge in [0.2, 0.25) is 5.91 Å². The third-order valence-corrected chi connectivity index (χ3v) is 5.07. The van der Waals surface area contributed by atoms with Crippen molar-refractivity contribution in [1.29, 1.82) is 0 Å². The Morgan fingerprint density at radius 1 is 1.04 bits per heavy atom. The molecule has 1 N–H and O–H groups in total. The van der Waals surface area contributed by atoms with Crippen molar-refractivity contribution < 1.29 is 13.2 Å². The zero-order chi connectivity index (χ0) is 17.3. The molecule has 0 bridgehead atoms. The largest absolute Gasteiger partial charge is 0.350 e. The van der Waals surface area contributed by atoms with Crippen molar-refractivity contribution in [2.24, 2.45) is 0 Å². The Bertz CT molecular complexity index is 579. The molecule has 1 rings (SSSR count). The van der Waals surface area contributed by atoms with E-state index in [0.29, 0.717) is 11.3 Å². The standard InChI is InChI=1S/C18H29NO3S/c1-4-5-6-7-8-9-10-18(20)19-15(2)16-11-13-17(14-12-16)23(3,21)22/h11-15H,4-10H2,1-3H3,(H,19,20). The average Bonchev–Trinajstić information content (AvgIpc) is 2.50. The SMILES string of the molecule is CCCCCCCCC(=O)NC(C)c1ccc(S(C)(=O)=O)cc1. The van der Waals surface area contributed by atoms with Crippen molar-refractivity contribution >= 4 is 15.7 Å². The van der Waals surface area contributed by atoms with Crippen LogP contribution in [0.2, 0.25) is 0 Å². The molecule has 0 aliphatic carbocycles. The zero-order valence-electron chi connectivity index (χ0n) is 14.5. The summed E-state index contributed by atoms with van der Waals surface area (Å²) < 4.78 is 22.9. The Labute approximate surface area is 140 Å². The number of unbranched alkanes of at least 4 members (excludes halogenated alkanes) is 5. The zero-order valence-corrected chi connectivity index (χ0v) is 15.3. The molecule has 0 heterocycles. The van der Waals surface area contributed by atoms with Gasteiger partial charge in [0.25, 0.3) is 0 Å². The molecule has 0 fully saturated rings. The van der Waals surface area contributed by atoms with Gasteiger partial charge in [-0.05, 0) is 31.0 Å². The summed E-state index contributed by atoms with van der Waals surface area (Å²) >= 11 is 0. The lowest BCUT2D eigenvalue weighted by molar-refractivity contribution is -0.121. The van der Waals surface area contributed by atoms with Gasteiger partial charge >= 0.3 is 0 Å². The van der Waals surface area contributed by atoms with E-state index in [1.807, 2.05) is 6.92 Å². The van der Waals surface area contributed by atoms with Crippen LogP contribution in [0.5, 0.6) is 0 Å². The van der Waals surface area contributed by atoms with Crippen molar-refractivity contribution in [3.05, 3.63) is 29.8 Å². The van der Waals surface area contributed by atoms with Crippen molar-refractivity contribution in [1.82, 2.24) is 5.32 Å². The molecule has 130 valence electrons. The topological polar surface area (TPSA) is 63.2 Å². The quantitative estimate of drug-likeness (QED) is 0.655. The number of amides is 1.